The molecule has 1 aromatic carbocycles. The summed E-state index contributed by atoms with van der Waals surface area (Å²) in [4.78, 5) is 11.8. The Hall–Kier alpha value is -1.51. The Labute approximate surface area is 108 Å². The van der Waals surface area contributed by atoms with Crippen LogP contribution in [0.15, 0.2) is 24.3 Å². The molecule has 1 N–H and O–H groups in total. The van der Waals surface area contributed by atoms with Crippen molar-refractivity contribution in [2.75, 3.05) is 0 Å². The van der Waals surface area contributed by atoms with Crippen molar-refractivity contribution < 1.29 is 9.53 Å². The average molecular weight is 245 g/mol. The molecule has 0 aromatic heterocycles. The van der Waals surface area contributed by atoms with Crippen LogP contribution in [0.3, 0.4) is 0 Å². The van der Waals surface area contributed by atoms with Crippen molar-refractivity contribution in [3.63, 3.8) is 0 Å². The normalized spacial score (nSPS) is 19.8. The Bertz CT molecular complexity index is 417. The van der Waals surface area contributed by atoms with E-state index in [-0.39, 0.29) is 5.91 Å². The van der Waals surface area contributed by atoms with Gasteiger partial charge in [0.2, 0.25) is 0 Å². The molecule has 1 amide bonds. The number of carbonyl (C=O) groups excluding carboxylic acids is 1. The first-order valence-electron chi connectivity index (χ1n) is 6.89. The van der Waals surface area contributed by atoms with Crippen LogP contribution in [0.25, 0.3) is 0 Å². The smallest absolute Gasteiger partial charge is 0.251 e. The summed E-state index contributed by atoms with van der Waals surface area (Å²) in [6, 6.07) is 7.91. The second kappa shape index (κ2) is 5.01. The van der Waals surface area contributed by atoms with E-state index in [4.69, 9.17) is 4.74 Å². The molecule has 0 aliphatic heterocycles. The lowest BCUT2D eigenvalue weighted by Gasteiger charge is -2.13. The van der Waals surface area contributed by atoms with Gasteiger partial charge in [0.15, 0.2) is 0 Å². The van der Waals surface area contributed by atoms with Crippen molar-refractivity contribution in [3.8, 4) is 5.75 Å². The van der Waals surface area contributed by atoms with E-state index in [1.165, 1.54) is 12.8 Å². The molecule has 0 spiro atoms. The molecule has 0 atom stereocenters. The third-order valence-electron chi connectivity index (χ3n) is 3.63. The number of carbonyl (C=O) groups is 1. The standard InChI is InChI=1S/C15H19NO2/c17-15(16-12-7-8-12)11-5-9-14(10-6-11)18-13-3-1-2-4-13/h5-6,9-10,12-13H,1-4,7-8H2,(H,16,17). The predicted octanol–water partition coefficient (Wildman–Crippen LogP) is 2.90. The highest BCUT2D eigenvalue weighted by molar-refractivity contribution is 5.94. The SMILES string of the molecule is O=C(NC1CC1)c1ccc(OC2CCCC2)cc1. The summed E-state index contributed by atoms with van der Waals surface area (Å²) in [6.07, 6.45) is 7.46. The molecule has 96 valence electrons. The van der Waals surface area contributed by atoms with Gasteiger partial charge in [0, 0.05) is 11.6 Å². The summed E-state index contributed by atoms with van der Waals surface area (Å²) in [6.45, 7) is 0. The second-order valence-electron chi connectivity index (χ2n) is 5.30. The Morgan fingerprint density at radius 2 is 1.72 bits per heavy atom. The Kier molecular flexibility index (Phi) is 3.22. The fourth-order valence-corrected chi connectivity index (χ4v) is 2.38. The highest BCUT2D eigenvalue weighted by Crippen LogP contribution is 2.24. The van der Waals surface area contributed by atoms with Gasteiger partial charge >= 0.3 is 0 Å². The monoisotopic (exact) mass is 245 g/mol. The first-order chi connectivity index (χ1) is 8.81. The van der Waals surface area contributed by atoms with Gasteiger partial charge < -0.3 is 10.1 Å². The topological polar surface area (TPSA) is 38.3 Å². The van der Waals surface area contributed by atoms with Crippen LogP contribution in [0.2, 0.25) is 0 Å². The number of hydrogen-bond donors (Lipinski definition) is 1. The van der Waals surface area contributed by atoms with Gasteiger partial charge in [-0.3, -0.25) is 4.79 Å². The van der Waals surface area contributed by atoms with Gasteiger partial charge in [-0.15, -0.1) is 0 Å². The first kappa shape index (κ1) is 11.6. The maximum atomic E-state index is 11.8. The highest BCUT2D eigenvalue weighted by atomic mass is 16.5. The lowest BCUT2D eigenvalue weighted by molar-refractivity contribution is 0.0951. The third kappa shape index (κ3) is 2.84. The zero-order chi connectivity index (χ0) is 12.4. The minimum atomic E-state index is 0.0323. The second-order valence-corrected chi connectivity index (χ2v) is 5.30. The molecule has 3 rings (SSSR count). The lowest BCUT2D eigenvalue weighted by Crippen LogP contribution is -2.25. The van der Waals surface area contributed by atoms with Crippen LogP contribution in [0.1, 0.15) is 48.9 Å². The number of rotatable bonds is 4. The number of ether oxygens (including phenoxy) is 1. The summed E-state index contributed by atoms with van der Waals surface area (Å²) < 4.78 is 5.87. The average Bonchev–Trinajstić information content (AvgIpc) is 3.04. The maximum absolute atomic E-state index is 11.8. The molecular weight excluding hydrogens is 226 g/mol. The van der Waals surface area contributed by atoms with Crippen LogP contribution in [0, 0.1) is 0 Å². The van der Waals surface area contributed by atoms with Gasteiger partial charge in [-0.25, -0.2) is 0 Å². The zero-order valence-electron chi connectivity index (χ0n) is 10.5. The van der Waals surface area contributed by atoms with Gasteiger partial charge in [-0.05, 0) is 62.8 Å². The zero-order valence-corrected chi connectivity index (χ0v) is 10.5. The van der Waals surface area contributed by atoms with Gasteiger partial charge in [0.1, 0.15) is 5.75 Å². The van der Waals surface area contributed by atoms with E-state index in [9.17, 15) is 4.79 Å². The van der Waals surface area contributed by atoms with Crippen LogP contribution in [0.5, 0.6) is 5.75 Å². The molecule has 2 aliphatic carbocycles. The number of hydrogen-bond acceptors (Lipinski definition) is 2. The molecule has 1 aromatic rings. The van der Waals surface area contributed by atoms with Crippen molar-refractivity contribution in [3.05, 3.63) is 29.8 Å². The maximum Gasteiger partial charge on any atom is 0.251 e. The molecule has 2 fully saturated rings. The Morgan fingerprint density at radius 1 is 1.06 bits per heavy atom. The third-order valence-corrected chi connectivity index (χ3v) is 3.63. The van der Waals surface area contributed by atoms with E-state index < -0.39 is 0 Å². The van der Waals surface area contributed by atoms with E-state index in [0.29, 0.717) is 12.1 Å². The molecule has 0 radical (unpaired) electrons. The van der Waals surface area contributed by atoms with E-state index in [1.807, 2.05) is 24.3 Å². The summed E-state index contributed by atoms with van der Waals surface area (Å²) in [7, 11) is 0. The number of benzene rings is 1. The van der Waals surface area contributed by atoms with Crippen LogP contribution in [0.4, 0.5) is 0 Å². The molecule has 3 heteroatoms. The minimum absolute atomic E-state index is 0.0323. The van der Waals surface area contributed by atoms with Crippen LogP contribution in [-0.4, -0.2) is 18.1 Å². The molecule has 0 saturated heterocycles. The molecule has 0 bridgehead atoms. The van der Waals surface area contributed by atoms with Crippen LogP contribution in [-0.2, 0) is 0 Å². The summed E-state index contributed by atoms with van der Waals surface area (Å²) in [5, 5.41) is 2.98. The summed E-state index contributed by atoms with van der Waals surface area (Å²) in [5.74, 6) is 0.912. The molecule has 18 heavy (non-hydrogen) atoms. The lowest BCUT2D eigenvalue weighted by atomic mass is 10.2. The molecule has 2 saturated carbocycles. The van der Waals surface area contributed by atoms with Crippen molar-refractivity contribution in [2.45, 2.75) is 50.7 Å². The number of amides is 1. The van der Waals surface area contributed by atoms with Gasteiger partial charge in [-0.2, -0.15) is 0 Å². The molecule has 0 unspecified atom stereocenters. The minimum Gasteiger partial charge on any atom is -0.490 e. The van der Waals surface area contributed by atoms with Crippen molar-refractivity contribution in [1.29, 1.82) is 0 Å². The fraction of sp³-hybridized carbons (Fsp3) is 0.533. The summed E-state index contributed by atoms with van der Waals surface area (Å²) >= 11 is 0. The molecular formula is C15H19NO2. The van der Waals surface area contributed by atoms with E-state index in [0.717, 1.165) is 37.0 Å². The van der Waals surface area contributed by atoms with Crippen molar-refractivity contribution in [2.24, 2.45) is 0 Å². The number of nitrogens with one attached hydrogen (secondary N) is 1. The molecule has 2 aliphatic rings. The van der Waals surface area contributed by atoms with Crippen molar-refractivity contribution in [1.82, 2.24) is 5.32 Å². The van der Waals surface area contributed by atoms with Crippen molar-refractivity contribution >= 4 is 5.91 Å². The highest BCUT2D eigenvalue weighted by Gasteiger charge is 2.23. The van der Waals surface area contributed by atoms with E-state index in [1.54, 1.807) is 0 Å². The van der Waals surface area contributed by atoms with Gasteiger partial charge in [-0.1, -0.05) is 0 Å². The fourth-order valence-electron chi connectivity index (χ4n) is 2.38. The van der Waals surface area contributed by atoms with Gasteiger partial charge in [0.05, 0.1) is 6.10 Å². The first-order valence-corrected chi connectivity index (χ1v) is 6.89. The van der Waals surface area contributed by atoms with E-state index in [2.05, 4.69) is 5.32 Å². The summed E-state index contributed by atoms with van der Waals surface area (Å²) in [5.41, 5.74) is 0.723. The van der Waals surface area contributed by atoms with E-state index >= 15 is 0 Å². The molecule has 3 nitrogen and oxygen atoms in total. The Balaban J connectivity index is 1.58. The Morgan fingerprint density at radius 3 is 2.33 bits per heavy atom. The van der Waals surface area contributed by atoms with Crippen LogP contribution >= 0.6 is 0 Å². The molecule has 0 heterocycles. The predicted molar refractivity (Wildman–Crippen MR) is 69.8 cm³/mol. The van der Waals surface area contributed by atoms with Gasteiger partial charge in [0.25, 0.3) is 5.91 Å². The largest absolute Gasteiger partial charge is 0.490 e. The van der Waals surface area contributed by atoms with Crippen LogP contribution < -0.4 is 10.1 Å². The quantitative estimate of drug-likeness (QED) is 0.885.